The molecule has 0 fully saturated rings. The maximum absolute atomic E-state index is 13.4. The number of hydrogen-bond donors (Lipinski definition) is 1. The van der Waals surface area contributed by atoms with Gasteiger partial charge in [0.15, 0.2) is 0 Å². The lowest BCUT2D eigenvalue weighted by atomic mass is 10.2. The first-order valence-electron chi connectivity index (χ1n) is 11.5. The predicted octanol–water partition coefficient (Wildman–Crippen LogP) is 5.21. The van der Waals surface area contributed by atoms with E-state index in [1.165, 1.54) is 23.1 Å². The summed E-state index contributed by atoms with van der Waals surface area (Å²) in [6.45, 7) is 3.90. The summed E-state index contributed by atoms with van der Waals surface area (Å²) in [6.07, 6.45) is 0. The number of esters is 1. The molecular weight excluding hydrogens is 506 g/mol. The number of anilines is 1. The number of allylic oxidation sites excluding steroid dienone is 1. The third-order valence-electron chi connectivity index (χ3n) is 5.54. The van der Waals surface area contributed by atoms with E-state index in [0.29, 0.717) is 21.3 Å². The van der Waals surface area contributed by atoms with Crippen LogP contribution >= 0.6 is 23.1 Å². The summed E-state index contributed by atoms with van der Waals surface area (Å²) in [5, 5.41) is 16.0. The molecule has 2 aromatic heterocycles. The Morgan fingerprint density at radius 2 is 1.84 bits per heavy atom. The number of thioether (sulfide) groups is 1. The van der Waals surface area contributed by atoms with Crippen molar-refractivity contribution in [3.05, 3.63) is 92.1 Å². The van der Waals surface area contributed by atoms with Gasteiger partial charge in [-0.15, -0.1) is 11.3 Å². The van der Waals surface area contributed by atoms with Gasteiger partial charge in [-0.2, -0.15) is 5.26 Å². The van der Waals surface area contributed by atoms with Gasteiger partial charge >= 0.3 is 5.97 Å². The predicted molar refractivity (Wildman–Crippen MR) is 149 cm³/mol. The van der Waals surface area contributed by atoms with Crippen molar-refractivity contribution in [1.82, 2.24) is 14.3 Å². The van der Waals surface area contributed by atoms with Crippen molar-refractivity contribution >= 4 is 40.3 Å². The van der Waals surface area contributed by atoms with Crippen LogP contribution in [0.5, 0.6) is 0 Å². The van der Waals surface area contributed by atoms with Crippen LogP contribution in [0, 0.1) is 18.3 Å². The molecule has 0 aliphatic carbocycles. The number of nitrogens with one attached hydrogen (secondary N) is 1. The molecule has 8 nitrogen and oxygen atoms in total. The van der Waals surface area contributed by atoms with E-state index in [1.807, 2.05) is 74.6 Å². The Morgan fingerprint density at radius 1 is 1.16 bits per heavy atom. The van der Waals surface area contributed by atoms with Gasteiger partial charge in [-0.1, -0.05) is 48.2 Å². The lowest BCUT2D eigenvalue weighted by molar-refractivity contribution is -0.139. The van der Waals surface area contributed by atoms with E-state index in [2.05, 4.69) is 16.4 Å². The molecule has 0 saturated carbocycles. The Labute approximate surface area is 222 Å². The van der Waals surface area contributed by atoms with E-state index in [9.17, 15) is 14.9 Å². The Morgan fingerprint density at radius 3 is 2.49 bits per heavy atom. The van der Waals surface area contributed by atoms with Crippen molar-refractivity contribution in [2.45, 2.75) is 13.8 Å². The zero-order valence-electron chi connectivity index (χ0n) is 20.6. The Balaban J connectivity index is 1.75. The standard InChI is InChI=1S/C27H25N5O3S2/c1-4-35-23(33)17-37-25(29-19-11-7-5-8-12-19)21(15-28)26-30-22(16-36-26)24-18(2)31(3)32(27(24)34)20-13-9-6-10-14-20/h5-14,16,29H,4,17H2,1-3H3/b25-21+. The van der Waals surface area contributed by atoms with Gasteiger partial charge < -0.3 is 10.1 Å². The summed E-state index contributed by atoms with van der Waals surface area (Å²) >= 11 is 2.45. The molecule has 37 heavy (non-hydrogen) atoms. The van der Waals surface area contributed by atoms with Crippen LogP contribution in [-0.2, 0) is 16.6 Å². The van der Waals surface area contributed by atoms with Gasteiger partial charge in [-0.3, -0.25) is 14.3 Å². The number of para-hydroxylation sites is 2. The summed E-state index contributed by atoms with van der Waals surface area (Å²) in [5.74, 6) is -0.343. The molecule has 188 valence electrons. The first-order valence-corrected chi connectivity index (χ1v) is 13.4. The second-order valence-corrected chi connectivity index (χ2v) is 9.72. The number of carbonyl (C=O) groups is 1. The van der Waals surface area contributed by atoms with Crippen molar-refractivity contribution < 1.29 is 9.53 Å². The van der Waals surface area contributed by atoms with Crippen LogP contribution in [0.3, 0.4) is 0 Å². The second kappa shape index (κ2) is 11.8. The molecule has 4 rings (SSSR count). The molecule has 2 aromatic carbocycles. The molecule has 0 amide bonds. The van der Waals surface area contributed by atoms with Crippen LogP contribution in [-0.4, -0.2) is 32.7 Å². The monoisotopic (exact) mass is 531 g/mol. The lowest BCUT2D eigenvalue weighted by Crippen LogP contribution is -2.20. The van der Waals surface area contributed by atoms with Crippen molar-refractivity contribution in [2.24, 2.45) is 7.05 Å². The number of ether oxygens (including phenoxy) is 1. The van der Waals surface area contributed by atoms with Crippen LogP contribution in [0.25, 0.3) is 22.5 Å². The quantitative estimate of drug-likeness (QED) is 0.234. The van der Waals surface area contributed by atoms with E-state index < -0.39 is 0 Å². The molecule has 4 aromatic rings. The summed E-state index contributed by atoms with van der Waals surface area (Å²) < 4.78 is 8.45. The Hall–Kier alpha value is -4.07. The molecule has 10 heteroatoms. The number of nitriles is 1. The van der Waals surface area contributed by atoms with E-state index >= 15 is 0 Å². The molecule has 0 spiro atoms. The minimum Gasteiger partial charge on any atom is -0.465 e. The number of thiazole rings is 1. The van der Waals surface area contributed by atoms with Gasteiger partial charge in [0.25, 0.3) is 5.56 Å². The third-order valence-corrected chi connectivity index (χ3v) is 7.37. The number of nitrogens with zero attached hydrogens (tertiary/aromatic N) is 4. The highest BCUT2D eigenvalue weighted by Crippen LogP contribution is 2.32. The Kier molecular flexibility index (Phi) is 8.28. The Bertz CT molecular complexity index is 1530. The average Bonchev–Trinajstić information content (AvgIpc) is 3.46. The van der Waals surface area contributed by atoms with Gasteiger partial charge in [-0.25, -0.2) is 9.67 Å². The minimum absolute atomic E-state index is 0.0337. The molecule has 2 heterocycles. The van der Waals surface area contributed by atoms with Crippen LogP contribution in [0.1, 0.15) is 17.6 Å². The number of rotatable bonds is 9. The topological polar surface area (TPSA) is 102 Å². The summed E-state index contributed by atoms with van der Waals surface area (Å²) in [7, 11) is 1.83. The summed E-state index contributed by atoms with van der Waals surface area (Å²) in [6, 6.07) is 21.0. The molecule has 1 N–H and O–H groups in total. The van der Waals surface area contributed by atoms with Crippen LogP contribution in [0.2, 0.25) is 0 Å². The smallest absolute Gasteiger partial charge is 0.316 e. The molecular formula is C27H25N5O3S2. The maximum atomic E-state index is 13.4. The second-order valence-electron chi connectivity index (χ2n) is 7.88. The van der Waals surface area contributed by atoms with E-state index in [0.717, 1.165) is 17.1 Å². The number of benzene rings is 2. The van der Waals surface area contributed by atoms with Gasteiger partial charge in [-0.05, 0) is 38.1 Å². The molecule has 0 unspecified atom stereocenters. The fraction of sp³-hybridized carbons (Fsp3) is 0.185. The van der Waals surface area contributed by atoms with Gasteiger partial charge in [0.1, 0.15) is 16.6 Å². The first kappa shape index (κ1) is 26.0. The maximum Gasteiger partial charge on any atom is 0.316 e. The largest absolute Gasteiger partial charge is 0.465 e. The van der Waals surface area contributed by atoms with Crippen LogP contribution < -0.4 is 10.9 Å². The number of aromatic nitrogens is 3. The van der Waals surface area contributed by atoms with Crippen molar-refractivity contribution in [1.29, 1.82) is 5.26 Å². The number of carbonyl (C=O) groups excluding carboxylic acids is 1. The van der Waals surface area contributed by atoms with Crippen LogP contribution in [0.4, 0.5) is 5.69 Å². The lowest BCUT2D eigenvalue weighted by Gasteiger charge is -2.12. The van der Waals surface area contributed by atoms with E-state index in [1.54, 1.807) is 21.7 Å². The van der Waals surface area contributed by atoms with Gasteiger partial charge in [0.2, 0.25) is 0 Å². The molecule has 0 aliphatic rings. The zero-order chi connectivity index (χ0) is 26.4. The van der Waals surface area contributed by atoms with E-state index in [4.69, 9.17) is 4.74 Å². The zero-order valence-corrected chi connectivity index (χ0v) is 22.2. The summed E-state index contributed by atoms with van der Waals surface area (Å²) in [4.78, 5) is 30.2. The highest BCUT2D eigenvalue weighted by molar-refractivity contribution is 8.04. The third kappa shape index (κ3) is 5.69. The number of hydrogen-bond acceptors (Lipinski definition) is 8. The van der Waals surface area contributed by atoms with Crippen LogP contribution in [0.15, 0.2) is 75.9 Å². The van der Waals surface area contributed by atoms with E-state index in [-0.39, 0.29) is 29.5 Å². The summed E-state index contributed by atoms with van der Waals surface area (Å²) in [5.41, 5.74) is 3.34. The molecule has 0 aliphatic heterocycles. The van der Waals surface area contributed by atoms with Crippen molar-refractivity contribution in [3.8, 4) is 23.0 Å². The first-order chi connectivity index (χ1) is 17.9. The highest BCUT2D eigenvalue weighted by atomic mass is 32.2. The SMILES string of the molecule is CCOC(=O)CS/C(Nc1ccccc1)=C(\C#N)c1nc(-c2c(C)n(C)n(-c3ccccc3)c2=O)cs1. The fourth-order valence-electron chi connectivity index (χ4n) is 3.72. The van der Waals surface area contributed by atoms with Gasteiger partial charge in [0, 0.05) is 23.8 Å². The molecule has 0 radical (unpaired) electrons. The average molecular weight is 532 g/mol. The minimum atomic E-state index is -0.377. The molecule has 0 atom stereocenters. The van der Waals surface area contributed by atoms with Gasteiger partial charge in [0.05, 0.1) is 34.3 Å². The van der Waals surface area contributed by atoms with Crippen molar-refractivity contribution in [3.63, 3.8) is 0 Å². The highest BCUT2D eigenvalue weighted by Gasteiger charge is 2.22. The normalized spacial score (nSPS) is 11.5. The molecule has 0 bridgehead atoms. The van der Waals surface area contributed by atoms with Crippen molar-refractivity contribution in [2.75, 3.05) is 17.7 Å². The molecule has 0 saturated heterocycles. The fourth-order valence-corrected chi connectivity index (χ4v) is 5.42.